The van der Waals surface area contributed by atoms with Crippen molar-refractivity contribution in [1.29, 1.82) is 0 Å². The highest BCUT2D eigenvalue weighted by molar-refractivity contribution is 9.10. The van der Waals surface area contributed by atoms with Crippen molar-refractivity contribution in [2.45, 2.75) is 25.8 Å². The number of halogens is 1. The van der Waals surface area contributed by atoms with Crippen molar-refractivity contribution in [2.75, 3.05) is 7.05 Å². The van der Waals surface area contributed by atoms with E-state index in [1.165, 1.54) is 20.5 Å². The Hall–Kier alpha value is -0.640. The van der Waals surface area contributed by atoms with E-state index in [0.717, 1.165) is 12.8 Å². The summed E-state index contributed by atoms with van der Waals surface area (Å²) in [5.74, 6) is 0. The molecule has 0 aliphatic rings. The van der Waals surface area contributed by atoms with Crippen molar-refractivity contribution in [3.8, 4) is 0 Å². The van der Waals surface area contributed by atoms with Crippen LogP contribution in [0.2, 0.25) is 0 Å². The molecule has 0 saturated carbocycles. The highest BCUT2D eigenvalue weighted by atomic mass is 79.9. The number of thiophene rings is 1. The van der Waals surface area contributed by atoms with Crippen molar-refractivity contribution in [2.24, 2.45) is 0 Å². The van der Waals surface area contributed by atoms with Gasteiger partial charge < -0.3 is 5.32 Å². The molecule has 1 aromatic carbocycles. The second kappa shape index (κ2) is 6.50. The maximum Gasteiger partial charge on any atom is 0.0321 e. The Kier molecular flexibility index (Phi) is 4.98. The van der Waals surface area contributed by atoms with Gasteiger partial charge >= 0.3 is 0 Å². The summed E-state index contributed by atoms with van der Waals surface area (Å²) in [7, 11) is 2.03. The lowest BCUT2D eigenvalue weighted by Crippen LogP contribution is -2.17. The Morgan fingerprint density at radius 3 is 2.78 bits per heavy atom. The molecule has 1 unspecified atom stereocenters. The molecule has 3 heteroatoms. The second-order valence-corrected chi connectivity index (χ2v) is 6.35. The number of aryl methyl sites for hydroxylation is 2. The molecule has 1 atom stereocenters. The van der Waals surface area contributed by atoms with Gasteiger partial charge in [-0.3, -0.25) is 0 Å². The average Bonchev–Trinajstić information content (AvgIpc) is 2.87. The molecule has 1 aromatic heterocycles. The van der Waals surface area contributed by atoms with Crippen LogP contribution in [0, 0.1) is 6.92 Å². The third-order valence-corrected chi connectivity index (χ3v) is 5.00. The fourth-order valence-electron chi connectivity index (χ4n) is 2.04. The van der Waals surface area contributed by atoms with Crippen LogP contribution in [0.5, 0.6) is 0 Å². The summed E-state index contributed by atoms with van der Waals surface area (Å²) in [5, 5.41) is 5.56. The first kappa shape index (κ1) is 13.8. The summed E-state index contributed by atoms with van der Waals surface area (Å²) in [6.45, 7) is 2.12. The minimum Gasteiger partial charge on any atom is -0.313 e. The topological polar surface area (TPSA) is 12.0 Å². The minimum absolute atomic E-state index is 0.420. The molecule has 0 radical (unpaired) electrons. The molecular formula is C15H18BrNS. The molecule has 0 fully saturated rings. The first-order valence-corrected chi connectivity index (χ1v) is 7.83. The van der Waals surface area contributed by atoms with Gasteiger partial charge in [-0.25, -0.2) is 0 Å². The molecule has 96 valence electrons. The van der Waals surface area contributed by atoms with Crippen LogP contribution in [0.4, 0.5) is 0 Å². The Bertz CT molecular complexity index is 493. The predicted octanol–water partition coefficient (Wildman–Crippen LogP) is 4.71. The van der Waals surface area contributed by atoms with Crippen LogP contribution >= 0.6 is 27.3 Å². The van der Waals surface area contributed by atoms with Crippen LogP contribution in [-0.4, -0.2) is 7.05 Å². The van der Waals surface area contributed by atoms with Crippen molar-refractivity contribution in [3.63, 3.8) is 0 Å². The van der Waals surface area contributed by atoms with Crippen LogP contribution in [0.1, 0.15) is 28.5 Å². The molecule has 2 rings (SSSR count). The van der Waals surface area contributed by atoms with Crippen LogP contribution in [0.15, 0.2) is 40.2 Å². The SMILES string of the molecule is CNC(CCc1cccs1)c1ccc(C)c(Br)c1. The second-order valence-electron chi connectivity index (χ2n) is 4.47. The summed E-state index contributed by atoms with van der Waals surface area (Å²) in [6, 6.07) is 11.4. The van der Waals surface area contributed by atoms with Gasteiger partial charge in [0, 0.05) is 15.4 Å². The Labute approximate surface area is 121 Å². The van der Waals surface area contributed by atoms with Gasteiger partial charge in [-0.05, 0) is 55.5 Å². The molecule has 1 heterocycles. The lowest BCUT2D eigenvalue weighted by molar-refractivity contribution is 0.551. The molecule has 0 amide bonds. The van der Waals surface area contributed by atoms with Crippen LogP contribution < -0.4 is 5.32 Å². The number of nitrogens with one attached hydrogen (secondary N) is 1. The van der Waals surface area contributed by atoms with E-state index in [9.17, 15) is 0 Å². The molecular weight excluding hydrogens is 306 g/mol. The summed E-state index contributed by atoms with van der Waals surface area (Å²) in [5.41, 5.74) is 2.64. The quantitative estimate of drug-likeness (QED) is 0.840. The van der Waals surface area contributed by atoms with Crippen LogP contribution in [0.25, 0.3) is 0 Å². The van der Waals surface area contributed by atoms with Crippen LogP contribution in [0.3, 0.4) is 0 Å². The number of rotatable bonds is 5. The first-order chi connectivity index (χ1) is 8.70. The highest BCUT2D eigenvalue weighted by Crippen LogP contribution is 2.25. The summed E-state index contributed by atoms with van der Waals surface area (Å²) >= 11 is 5.45. The van der Waals surface area contributed by atoms with Gasteiger partial charge in [-0.2, -0.15) is 0 Å². The summed E-state index contributed by atoms with van der Waals surface area (Å²) in [6.07, 6.45) is 2.27. The zero-order chi connectivity index (χ0) is 13.0. The Morgan fingerprint density at radius 2 is 2.17 bits per heavy atom. The van der Waals surface area contributed by atoms with Crippen molar-refractivity contribution in [3.05, 3.63) is 56.2 Å². The van der Waals surface area contributed by atoms with E-state index in [1.807, 2.05) is 18.4 Å². The van der Waals surface area contributed by atoms with Crippen LogP contribution in [-0.2, 0) is 6.42 Å². The molecule has 0 aliphatic carbocycles. The van der Waals surface area contributed by atoms with Gasteiger partial charge in [0.25, 0.3) is 0 Å². The van der Waals surface area contributed by atoms with E-state index in [0.29, 0.717) is 6.04 Å². The van der Waals surface area contributed by atoms with E-state index >= 15 is 0 Å². The maximum atomic E-state index is 3.61. The third kappa shape index (κ3) is 3.44. The number of hydrogen-bond acceptors (Lipinski definition) is 2. The van der Waals surface area contributed by atoms with Gasteiger partial charge in [-0.1, -0.05) is 34.1 Å². The maximum absolute atomic E-state index is 3.61. The molecule has 18 heavy (non-hydrogen) atoms. The molecule has 0 spiro atoms. The Balaban J connectivity index is 2.05. The highest BCUT2D eigenvalue weighted by Gasteiger charge is 2.10. The van der Waals surface area contributed by atoms with E-state index in [-0.39, 0.29) is 0 Å². The van der Waals surface area contributed by atoms with Crippen molar-refractivity contribution in [1.82, 2.24) is 5.32 Å². The fraction of sp³-hybridized carbons (Fsp3) is 0.333. The fourth-order valence-corrected chi connectivity index (χ4v) is 3.17. The molecule has 2 aromatic rings. The van der Waals surface area contributed by atoms with Gasteiger partial charge in [0.15, 0.2) is 0 Å². The predicted molar refractivity (Wildman–Crippen MR) is 83.3 cm³/mol. The lowest BCUT2D eigenvalue weighted by Gasteiger charge is -2.17. The summed E-state index contributed by atoms with van der Waals surface area (Å²) in [4.78, 5) is 1.46. The van der Waals surface area contributed by atoms with E-state index in [2.05, 4.69) is 63.9 Å². The minimum atomic E-state index is 0.420. The molecule has 1 nitrogen and oxygen atoms in total. The van der Waals surface area contributed by atoms with Crippen molar-refractivity contribution < 1.29 is 0 Å². The van der Waals surface area contributed by atoms with Gasteiger partial charge in [0.05, 0.1) is 0 Å². The van der Waals surface area contributed by atoms with Crippen molar-refractivity contribution >= 4 is 27.3 Å². The van der Waals surface area contributed by atoms with Gasteiger partial charge in [-0.15, -0.1) is 11.3 Å². The average molecular weight is 324 g/mol. The molecule has 0 bridgehead atoms. The molecule has 1 N–H and O–H groups in total. The smallest absolute Gasteiger partial charge is 0.0321 e. The van der Waals surface area contributed by atoms with E-state index < -0.39 is 0 Å². The third-order valence-electron chi connectivity index (χ3n) is 3.21. The molecule has 0 aliphatic heterocycles. The van der Waals surface area contributed by atoms with Gasteiger partial charge in [0.2, 0.25) is 0 Å². The first-order valence-electron chi connectivity index (χ1n) is 6.16. The number of benzene rings is 1. The zero-order valence-corrected chi connectivity index (χ0v) is 13.1. The monoisotopic (exact) mass is 323 g/mol. The standard InChI is InChI=1S/C15H18BrNS/c1-11-5-6-12(10-14(11)16)15(17-2)8-7-13-4-3-9-18-13/h3-6,9-10,15,17H,7-8H2,1-2H3. The van der Waals surface area contributed by atoms with Gasteiger partial charge in [0.1, 0.15) is 0 Å². The number of hydrogen-bond donors (Lipinski definition) is 1. The zero-order valence-electron chi connectivity index (χ0n) is 10.7. The lowest BCUT2D eigenvalue weighted by atomic mass is 10.0. The van der Waals surface area contributed by atoms with E-state index in [1.54, 1.807) is 0 Å². The van der Waals surface area contributed by atoms with E-state index in [4.69, 9.17) is 0 Å². The molecule has 0 saturated heterocycles. The Morgan fingerprint density at radius 1 is 1.33 bits per heavy atom. The summed E-state index contributed by atoms with van der Waals surface area (Å²) < 4.78 is 1.19. The normalized spacial score (nSPS) is 12.6. The largest absolute Gasteiger partial charge is 0.313 e.